The van der Waals surface area contributed by atoms with E-state index in [4.69, 9.17) is 9.15 Å². The Morgan fingerprint density at radius 1 is 1.21 bits per heavy atom. The summed E-state index contributed by atoms with van der Waals surface area (Å²) in [5.74, 6) is 0.693. The predicted octanol–water partition coefficient (Wildman–Crippen LogP) is 2.63. The van der Waals surface area contributed by atoms with Gasteiger partial charge in [-0.1, -0.05) is 0 Å². The fraction of sp³-hybridized carbons (Fsp3) is 0.333. The van der Waals surface area contributed by atoms with Crippen molar-refractivity contribution in [3.63, 3.8) is 0 Å². The maximum atomic E-state index is 12.0. The van der Waals surface area contributed by atoms with Gasteiger partial charge in [0.25, 0.3) is 15.7 Å². The van der Waals surface area contributed by atoms with Crippen LogP contribution in [-0.4, -0.2) is 31.7 Å². The van der Waals surface area contributed by atoms with E-state index in [9.17, 15) is 18.5 Å². The van der Waals surface area contributed by atoms with Crippen LogP contribution in [-0.2, 0) is 16.6 Å². The maximum absolute atomic E-state index is 12.0. The second kappa shape index (κ2) is 6.62. The molecule has 0 amide bonds. The van der Waals surface area contributed by atoms with Crippen molar-refractivity contribution in [2.24, 2.45) is 0 Å². The molecule has 0 fully saturated rings. The molecule has 0 spiro atoms. The van der Waals surface area contributed by atoms with Gasteiger partial charge in [-0.2, -0.15) is 0 Å². The molecule has 2 rings (SSSR count). The van der Waals surface area contributed by atoms with Gasteiger partial charge in [0.2, 0.25) is 5.09 Å². The predicted molar refractivity (Wildman–Crippen MR) is 86.5 cm³/mol. The highest BCUT2D eigenvalue weighted by Gasteiger charge is 2.22. The normalized spacial score (nSPS) is 11.7. The van der Waals surface area contributed by atoms with Crippen molar-refractivity contribution >= 4 is 15.7 Å². The number of sulfonamides is 1. The van der Waals surface area contributed by atoms with Crippen LogP contribution in [0.1, 0.15) is 16.9 Å². The third-order valence-electron chi connectivity index (χ3n) is 3.50. The number of nitro benzene ring substituents is 1. The molecule has 0 aliphatic rings. The van der Waals surface area contributed by atoms with Gasteiger partial charge >= 0.3 is 0 Å². The molecule has 24 heavy (non-hydrogen) atoms. The lowest BCUT2D eigenvalue weighted by Gasteiger charge is -2.11. The van der Waals surface area contributed by atoms with E-state index in [2.05, 4.69) is 0 Å². The summed E-state index contributed by atoms with van der Waals surface area (Å²) in [6.07, 6.45) is 0. The quantitative estimate of drug-likeness (QED) is 0.583. The molecule has 0 N–H and O–H groups in total. The Morgan fingerprint density at radius 3 is 2.46 bits per heavy atom. The molecule has 0 saturated heterocycles. The van der Waals surface area contributed by atoms with E-state index >= 15 is 0 Å². The summed E-state index contributed by atoms with van der Waals surface area (Å²) in [6, 6.07) is 5.87. The standard InChI is InChI=1S/C15H18N2O6S/c1-10-5-7-13(17(18)19)11(2)15(10)22-9-12-6-8-14(23-12)24(20,21)16(3)4/h5-8H,9H2,1-4H3. The minimum atomic E-state index is -3.65. The van der Waals surface area contributed by atoms with Crippen molar-refractivity contribution in [3.8, 4) is 5.75 Å². The van der Waals surface area contributed by atoms with Crippen LogP contribution >= 0.6 is 0 Å². The first-order valence-corrected chi connectivity index (χ1v) is 8.47. The Balaban J connectivity index is 2.23. The van der Waals surface area contributed by atoms with E-state index in [1.807, 2.05) is 0 Å². The van der Waals surface area contributed by atoms with Crippen LogP contribution in [0.3, 0.4) is 0 Å². The topological polar surface area (TPSA) is 103 Å². The van der Waals surface area contributed by atoms with E-state index in [0.717, 1.165) is 9.87 Å². The van der Waals surface area contributed by atoms with Gasteiger partial charge < -0.3 is 9.15 Å². The smallest absolute Gasteiger partial charge is 0.276 e. The highest BCUT2D eigenvalue weighted by molar-refractivity contribution is 7.88. The average molecular weight is 354 g/mol. The lowest BCUT2D eigenvalue weighted by atomic mass is 10.1. The first kappa shape index (κ1) is 18.0. The van der Waals surface area contributed by atoms with Gasteiger partial charge in [-0.15, -0.1) is 0 Å². The molecule has 1 aromatic carbocycles. The molecular formula is C15H18N2O6S. The molecule has 8 nitrogen and oxygen atoms in total. The lowest BCUT2D eigenvalue weighted by molar-refractivity contribution is -0.385. The zero-order valence-corrected chi connectivity index (χ0v) is 14.6. The first-order valence-electron chi connectivity index (χ1n) is 7.03. The van der Waals surface area contributed by atoms with Crippen LogP contribution in [0.4, 0.5) is 5.69 Å². The molecule has 0 aliphatic carbocycles. The Hall–Kier alpha value is -2.39. The van der Waals surface area contributed by atoms with Gasteiger partial charge in [0.15, 0.2) is 0 Å². The molecule has 0 aliphatic heterocycles. The Morgan fingerprint density at radius 2 is 1.88 bits per heavy atom. The Kier molecular flexibility index (Phi) is 4.95. The van der Waals surface area contributed by atoms with Crippen molar-refractivity contribution in [1.29, 1.82) is 0 Å². The van der Waals surface area contributed by atoms with E-state index < -0.39 is 14.9 Å². The molecule has 1 heterocycles. The number of hydrogen-bond acceptors (Lipinski definition) is 6. The van der Waals surface area contributed by atoms with Crippen molar-refractivity contribution < 1.29 is 22.5 Å². The number of nitrogens with zero attached hydrogens (tertiary/aromatic N) is 2. The number of furan rings is 1. The number of hydrogen-bond donors (Lipinski definition) is 0. The summed E-state index contributed by atoms with van der Waals surface area (Å²) in [7, 11) is -0.838. The van der Waals surface area contributed by atoms with Crippen LogP contribution in [0.2, 0.25) is 0 Å². The second-order valence-electron chi connectivity index (χ2n) is 5.41. The van der Waals surface area contributed by atoms with Crippen LogP contribution in [0.25, 0.3) is 0 Å². The second-order valence-corrected chi connectivity index (χ2v) is 7.49. The minimum absolute atomic E-state index is 0.0359. The minimum Gasteiger partial charge on any atom is -0.485 e. The highest BCUT2D eigenvalue weighted by Crippen LogP contribution is 2.31. The molecule has 9 heteroatoms. The van der Waals surface area contributed by atoms with Crippen LogP contribution in [0.15, 0.2) is 33.8 Å². The van der Waals surface area contributed by atoms with Crippen molar-refractivity contribution in [1.82, 2.24) is 4.31 Å². The number of ether oxygens (including phenoxy) is 1. The van der Waals surface area contributed by atoms with E-state index in [1.165, 1.54) is 32.3 Å². The molecule has 0 unspecified atom stereocenters. The Bertz CT molecular complexity index is 870. The molecule has 0 bridgehead atoms. The molecule has 0 radical (unpaired) electrons. The molecule has 130 valence electrons. The van der Waals surface area contributed by atoms with Crippen molar-refractivity contribution in [2.75, 3.05) is 14.1 Å². The first-order chi connectivity index (χ1) is 11.1. The summed E-state index contributed by atoms with van der Waals surface area (Å²) in [4.78, 5) is 10.5. The van der Waals surface area contributed by atoms with Gasteiger partial charge in [-0.3, -0.25) is 10.1 Å². The van der Waals surface area contributed by atoms with Crippen LogP contribution < -0.4 is 4.74 Å². The van der Waals surface area contributed by atoms with Crippen LogP contribution in [0.5, 0.6) is 5.75 Å². The summed E-state index contributed by atoms with van der Waals surface area (Å²) >= 11 is 0. The molecule has 2 aromatic rings. The zero-order chi connectivity index (χ0) is 18.1. The summed E-state index contributed by atoms with van der Waals surface area (Å²) in [5.41, 5.74) is 1.12. The fourth-order valence-corrected chi connectivity index (χ4v) is 2.95. The summed E-state index contributed by atoms with van der Waals surface area (Å²) in [5, 5.41) is 10.8. The SMILES string of the molecule is Cc1ccc([N+](=O)[O-])c(C)c1OCc1ccc(S(=O)(=O)N(C)C)o1. The van der Waals surface area contributed by atoms with E-state index in [-0.39, 0.29) is 17.4 Å². The summed E-state index contributed by atoms with van der Waals surface area (Å²) < 4.78 is 35.9. The molecular weight excluding hydrogens is 336 g/mol. The molecule has 0 saturated carbocycles. The van der Waals surface area contributed by atoms with E-state index in [1.54, 1.807) is 19.9 Å². The van der Waals surface area contributed by atoms with Crippen LogP contribution in [0, 0.1) is 24.0 Å². The number of benzene rings is 1. The van der Waals surface area contributed by atoms with Gasteiger partial charge in [-0.25, -0.2) is 12.7 Å². The molecule has 0 atom stereocenters. The van der Waals surface area contributed by atoms with Gasteiger partial charge in [0.1, 0.15) is 18.1 Å². The highest BCUT2D eigenvalue weighted by atomic mass is 32.2. The number of nitro groups is 1. The third-order valence-corrected chi connectivity index (χ3v) is 5.19. The Labute approximate surface area is 139 Å². The average Bonchev–Trinajstić information content (AvgIpc) is 2.96. The van der Waals surface area contributed by atoms with Crippen molar-refractivity contribution in [2.45, 2.75) is 25.5 Å². The van der Waals surface area contributed by atoms with Crippen molar-refractivity contribution in [3.05, 3.63) is 51.3 Å². The summed E-state index contributed by atoms with van der Waals surface area (Å²) in [6.45, 7) is 3.34. The monoisotopic (exact) mass is 354 g/mol. The van der Waals surface area contributed by atoms with Gasteiger partial charge in [0, 0.05) is 20.2 Å². The van der Waals surface area contributed by atoms with Gasteiger partial charge in [-0.05, 0) is 37.6 Å². The third kappa shape index (κ3) is 3.41. The maximum Gasteiger partial charge on any atom is 0.276 e. The van der Waals surface area contributed by atoms with Gasteiger partial charge in [0.05, 0.1) is 10.5 Å². The largest absolute Gasteiger partial charge is 0.485 e. The van der Waals surface area contributed by atoms with E-state index in [0.29, 0.717) is 17.1 Å². The molecule has 1 aromatic heterocycles. The number of aryl methyl sites for hydroxylation is 1. The zero-order valence-electron chi connectivity index (χ0n) is 13.8. The number of rotatable bonds is 6. The lowest BCUT2D eigenvalue weighted by Crippen LogP contribution is -2.21. The fourth-order valence-electron chi connectivity index (χ4n) is 2.13.